The molecular weight excluding hydrogens is 284 g/mol. The molecule has 1 aliphatic heterocycles. The first-order valence-corrected chi connectivity index (χ1v) is 10.9. The summed E-state index contributed by atoms with van der Waals surface area (Å²) in [5, 5.41) is 3.04. The summed E-state index contributed by atoms with van der Waals surface area (Å²) < 4.78 is 11.6. The minimum atomic E-state index is -2.03. The van der Waals surface area contributed by atoms with Crippen molar-refractivity contribution in [1.82, 2.24) is 10.2 Å². The zero-order chi connectivity index (χ0) is 15.6. The second-order valence-corrected chi connectivity index (χ2v) is 9.08. The fourth-order valence-corrected chi connectivity index (χ4v) is 5.20. The molecule has 1 fully saturated rings. The Morgan fingerprint density at radius 2 is 1.67 bits per heavy atom. The monoisotopic (exact) mass is 316 g/mol. The van der Waals surface area contributed by atoms with E-state index in [1.54, 1.807) is 0 Å². The summed E-state index contributed by atoms with van der Waals surface area (Å²) in [4.78, 5) is 14.0. The van der Waals surface area contributed by atoms with Crippen LogP contribution in [-0.4, -0.2) is 52.3 Å². The van der Waals surface area contributed by atoms with Crippen molar-refractivity contribution in [3.63, 3.8) is 0 Å². The van der Waals surface area contributed by atoms with Crippen LogP contribution < -0.4 is 5.32 Å². The van der Waals surface area contributed by atoms with Crippen LogP contribution in [0.1, 0.15) is 46.0 Å². The van der Waals surface area contributed by atoms with E-state index in [1.807, 2.05) is 18.7 Å². The Kier molecular flexibility index (Phi) is 8.95. The van der Waals surface area contributed by atoms with Gasteiger partial charge in [0.2, 0.25) is 0 Å². The third-order valence-corrected chi connectivity index (χ3v) is 6.94. The summed E-state index contributed by atoms with van der Waals surface area (Å²) in [6.45, 7) is 10.0. The van der Waals surface area contributed by atoms with Gasteiger partial charge >= 0.3 is 14.6 Å². The average Bonchev–Trinajstić information content (AvgIpc) is 2.73. The second kappa shape index (κ2) is 10.2. The smallest absolute Gasteiger partial charge is 0.334 e. The third-order valence-electron chi connectivity index (χ3n) is 3.88. The van der Waals surface area contributed by atoms with Crippen LogP contribution in [-0.2, 0) is 8.85 Å². The summed E-state index contributed by atoms with van der Waals surface area (Å²) in [6, 6.07) is 1.02. The molecule has 1 saturated heterocycles. The number of likely N-dealkylation sites (tertiary alicyclic amines) is 1. The van der Waals surface area contributed by atoms with Gasteiger partial charge in [0.15, 0.2) is 0 Å². The van der Waals surface area contributed by atoms with Gasteiger partial charge in [-0.3, -0.25) is 0 Å². The van der Waals surface area contributed by atoms with Crippen LogP contribution in [0.25, 0.3) is 0 Å². The van der Waals surface area contributed by atoms with Crippen LogP contribution in [0, 0.1) is 0 Å². The molecule has 5 nitrogen and oxygen atoms in total. The molecule has 1 heterocycles. The first kappa shape index (κ1) is 18.5. The highest BCUT2D eigenvalue weighted by atomic mass is 28.4. The van der Waals surface area contributed by atoms with Crippen molar-refractivity contribution in [3.05, 3.63) is 0 Å². The fourth-order valence-electron chi connectivity index (χ4n) is 2.79. The maximum atomic E-state index is 12.1. The van der Waals surface area contributed by atoms with E-state index in [2.05, 4.69) is 11.9 Å². The number of carbonyl (C=O) groups excluding carboxylic acids is 1. The molecule has 0 aromatic carbocycles. The SMILES string of the molecule is CCO[Si](C)(CCCNC(=O)N1CCCCCC1)OCC. The Hall–Kier alpha value is -0.593. The van der Waals surface area contributed by atoms with Crippen molar-refractivity contribution in [1.29, 1.82) is 0 Å². The lowest BCUT2D eigenvalue weighted by atomic mass is 10.2. The molecule has 0 atom stereocenters. The minimum absolute atomic E-state index is 0.0908. The van der Waals surface area contributed by atoms with E-state index in [4.69, 9.17) is 8.85 Å². The van der Waals surface area contributed by atoms with Crippen molar-refractivity contribution in [3.8, 4) is 0 Å². The van der Waals surface area contributed by atoms with E-state index < -0.39 is 8.56 Å². The first-order chi connectivity index (χ1) is 10.1. The standard InChI is InChI=1S/C15H32N2O3Si/c1-4-19-21(3,20-5-2)14-10-11-16-15(18)17-12-8-6-7-9-13-17/h4-14H2,1-3H3,(H,16,18). The van der Waals surface area contributed by atoms with E-state index >= 15 is 0 Å². The van der Waals surface area contributed by atoms with Crippen molar-refractivity contribution in [2.75, 3.05) is 32.8 Å². The Balaban J connectivity index is 2.23. The lowest BCUT2D eigenvalue weighted by Crippen LogP contribution is -2.42. The van der Waals surface area contributed by atoms with Crippen molar-refractivity contribution < 1.29 is 13.6 Å². The van der Waals surface area contributed by atoms with E-state index in [0.717, 1.165) is 38.4 Å². The molecule has 124 valence electrons. The van der Waals surface area contributed by atoms with Crippen molar-refractivity contribution in [2.45, 2.75) is 58.5 Å². The molecule has 6 heteroatoms. The highest BCUT2D eigenvalue weighted by Gasteiger charge is 2.29. The predicted molar refractivity (Wildman–Crippen MR) is 87.7 cm³/mol. The van der Waals surface area contributed by atoms with Gasteiger partial charge in [-0.25, -0.2) is 4.79 Å². The molecule has 1 rings (SSSR count). The Bertz CT molecular complexity index is 289. The molecule has 0 aliphatic carbocycles. The lowest BCUT2D eigenvalue weighted by molar-refractivity contribution is 0.187. The van der Waals surface area contributed by atoms with Crippen LogP contribution >= 0.6 is 0 Å². The molecule has 0 spiro atoms. The van der Waals surface area contributed by atoms with Gasteiger partial charge in [-0.15, -0.1) is 0 Å². The largest absolute Gasteiger partial charge is 0.395 e. The molecule has 0 aromatic rings. The van der Waals surface area contributed by atoms with Gasteiger partial charge in [0.05, 0.1) is 0 Å². The quantitative estimate of drug-likeness (QED) is 0.553. The van der Waals surface area contributed by atoms with Gasteiger partial charge in [0.25, 0.3) is 0 Å². The van der Waals surface area contributed by atoms with Crippen molar-refractivity contribution >= 4 is 14.6 Å². The number of amides is 2. The Morgan fingerprint density at radius 1 is 1.10 bits per heavy atom. The number of urea groups is 1. The average molecular weight is 317 g/mol. The third kappa shape index (κ3) is 7.29. The summed E-state index contributed by atoms with van der Waals surface area (Å²) in [6.07, 6.45) is 5.68. The number of hydrogen-bond acceptors (Lipinski definition) is 3. The molecule has 0 bridgehead atoms. The van der Waals surface area contributed by atoms with Crippen molar-refractivity contribution in [2.24, 2.45) is 0 Å². The van der Waals surface area contributed by atoms with Gasteiger partial charge in [-0.2, -0.15) is 0 Å². The van der Waals surface area contributed by atoms with Crippen LogP contribution in [0.2, 0.25) is 12.6 Å². The van der Waals surface area contributed by atoms with Crippen LogP contribution in [0.3, 0.4) is 0 Å². The molecule has 21 heavy (non-hydrogen) atoms. The number of carbonyl (C=O) groups is 1. The molecule has 1 aliphatic rings. The van der Waals surface area contributed by atoms with E-state index in [1.165, 1.54) is 12.8 Å². The van der Waals surface area contributed by atoms with E-state index in [-0.39, 0.29) is 6.03 Å². The zero-order valence-corrected chi connectivity index (χ0v) is 15.0. The Morgan fingerprint density at radius 3 is 2.19 bits per heavy atom. The maximum Gasteiger partial charge on any atom is 0.334 e. The second-order valence-electron chi connectivity index (χ2n) is 5.74. The number of nitrogens with one attached hydrogen (secondary N) is 1. The summed E-state index contributed by atoms with van der Waals surface area (Å²) in [5.74, 6) is 0. The predicted octanol–water partition coefficient (Wildman–Crippen LogP) is 3.11. The van der Waals surface area contributed by atoms with E-state index in [0.29, 0.717) is 19.8 Å². The normalized spacial score (nSPS) is 16.6. The van der Waals surface area contributed by atoms with Gasteiger partial charge in [-0.1, -0.05) is 12.8 Å². The number of nitrogens with zero attached hydrogens (tertiary/aromatic N) is 1. The number of rotatable bonds is 8. The molecule has 0 aromatic heterocycles. The summed E-state index contributed by atoms with van der Waals surface area (Å²) in [5.41, 5.74) is 0. The maximum absolute atomic E-state index is 12.1. The lowest BCUT2D eigenvalue weighted by Gasteiger charge is -2.26. The fraction of sp³-hybridized carbons (Fsp3) is 0.933. The van der Waals surface area contributed by atoms with E-state index in [9.17, 15) is 4.79 Å². The molecule has 0 saturated carbocycles. The van der Waals surface area contributed by atoms with Crippen LogP contribution in [0.15, 0.2) is 0 Å². The minimum Gasteiger partial charge on any atom is -0.395 e. The van der Waals surface area contributed by atoms with Crippen LogP contribution in [0.5, 0.6) is 0 Å². The summed E-state index contributed by atoms with van der Waals surface area (Å²) in [7, 11) is -2.03. The first-order valence-electron chi connectivity index (χ1n) is 8.42. The van der Waals surface area contributed by atoms with Crippen LogP contribution in [0.4, 0.5) is 4.79 Å². The van der Waals surface area contributed by atoms with Gasteiger partial charge in [-0.05, 0) is 45.7 Å². The van der Waals surface area contributed by atoms with Gasteiger partial charge in [0, 0.05) is 32.8 Å². The topological polar surface area (TPSA) is 50.8 Å². The summed E-state index contributed by atoms with van der Waals surface area (Å²) >= 11 is 0. The molecule has 0 unspecified atom stereocenters. The Labute approximate surface area is 130 Å². The highest BCUT2D eigenvalue weighted by Crippen LogP contribution is 2.15. The zero-order valence-electron chi connectivity index (χ0n) is 14.0. The molecule has 0 radical (unpaired) electrons. The van der Waals surface area contributed by atoms with Gasteiger partial charge in [0.1, 0.15) is 0 Å². The molecule has 1 N–H and O–H groups in total. The number of hydrogen-bond donors (Lipinski definition) is 1. The van der Waals surface area contributed by atoms with Gasteiger partial charge < -0.3 is 19.1 Å². The molecular formula is C15H32N2O3Si. The highest BCUT2D eigenvalue weighted by molar-refractivity contribution is 6.66. The molecule has 2 amide bonds.